The van der Waals surface area contributed by atoms with Crippen LogP contribution in [-0.2, 0) is 53.2 Å². The van der Waals surface area contributed by atoms with Crippen molar-refractivity contribution in [1.82, 2.24) is 19.6 Å². The minimum absolute atomic E-state index is 0.0384. The van der Waals surface area contributed by atoms with Crippen LogP contribution in [0.1, 0.15) is 22.3 Å². The molecule has 1 fully saturated rings. The number of benzene rings is 4. The molecule has 56 heavy (non-hydrogen) atoms. The summed E-state index contributed by atoms with van der Waals surface area (Å²) in [6.45, 7) is 6.41. The number of carbonyl (C=O) groups excluding carboxylic acids is 4. The third-order valence-electron chi connectivity index (χ3n) is 9.42. The maximum absolute atomic E-state index is 13.3. The fourth-order valence-corrected chi connectivity index (χ4v) is 6.15. The van der Waals surface area contributed by atoms with E-state index in [0.717, 1.165) is 22.3 Å². The average Bonchev–Trinajstić information content (AvgIpc) is 3.21. The molecule has 1 N–H and O–H groups in total. The first kappa shape index (κ1) is 41.8. The quantitative estimate of drug-likeness (QED) is 0.137. The molecule has 0 aliphatic carbocycles. The number of aryl methyl sites for hydroxylation is 1. The summed E-state index contributed by atoms with van der Waals surface area (Å²) >= 11 is 0. The van der Waals surface area contributed by atoms with E-state index in [2.05, 4.69) is 5.32 Å². The van der Waals surface area contributed by atoms with Crippen LogP contribution in [0.5, 0.6) is 0 Å². The van der Waals surface area contributed by atoms with Gasteiger partial charge in [0.1, 0.15) is 19.8 Å². The Balaban J connectivity index is 1.28. The second-order valence-corrected chi connectivity index (χ2v) is 14.0. The molecular weight excluding hydrogens is 711 g/mol. The molecule has 1 aliphatic heterocycles. The zero-order chi connectivity index (χ0) is 39.4. The smallest absolute Gasteiger partial charge is 0.320 e. The summed E-state index contributed by atoms with van der Waals surface area (Å²) in [5, 5.41) is 2.99. The van der Waals surface area contributed by atoms with Gasteiger partial charge in [0.05, 0.1) is 26.2 Å². The molecule has 0 radical (unpaired) electrons. The molecule has 0 aromatic heterocycles. The Morgan fingerprint density at radius 3 is 1.07 bits per heavy atom. The first-order valence-corrected chi connectivity index (χ1v) is 19.1. The molecule has 0 unspecified atom stereocenters. The standard InChI is InChI=1S/C44H53N5O7/c1-36-17-19-40(20-18-36)45-41(50)29-46-21-23-47(30-42(51)54-33-37-11-5-2-6-12-37)25-27-49(32-44(53)56-35-39-15-9-4-10-16-39)28-26-48(24-22-46)31-43(52)55-34-38-13-7-3-8-14-38/h2-20H,21-35H2,1H3,(H,45,50). The number of nitrogens with zero attached hydrogens (tertiary/aromatic N) is 4. The lowest BCUT2D eigenvalue weighted by molar-refractivity contribution is -0.148. The highest BCUT2D eigenvalue weighted by Crippen LogP contribution is 2.10. The highest BCUT2D eigenvalue weighted by atomic mass is 16.5. The highest BCUT2D eigenvalue weighted by molar-refractivity contribution is 5.92. The van der Waals surface area contributed by atoms with E-state index in [1.165, 1.54) is 0 Å². The lowest BCUT2D eigenvalue weighted by atomic mass is 10.2. The Labute approximate surface area is 329 Å². The number of esters is 3. The SMILES string of the molecule is Cc1ccc(NC(=O)CN2CCN(CC(=O)OCc3ccccc3)CCN(CC(=O)OCc3ccccc3)CCN(CC(=O)OCc3ccccc3)CC2)cc1. The zero-order valence-corrected chi connectivity index (χ0v) is 32.2. The summed E-state index contributed by atoms with van der Waals surface area (Å²) in [7, 11) is 0. The van der Waals surface area contributed by atoms with Crippen molar-refractivity contribution in [3.8, 4) is 0 Å². The van der Waals surface area contributed by atoms with E-state index in [1.54, 1.807) is 0 Å². The third kappa shape index (κ3) is 15.8. The molecule has 0 saturated carbocycles. The van der Waals surface area contributed by atoms with Crippen LogP contribution < -0.4 is 5.32 Å². The third-order valence-corrected chi connectivity index (χ3v) is 9.42. The van der Waals surface area contributed by atoms with Crippen molar-refractivity contribution in [3.63, 3.8) is 0 Å². The lowest BCUT2D eigenvalue weighted by Gasteiger charge is -2.33. The molecule has 0 atom stereocenters. The molecule has 4 aromatic rings. The van der Waals surface area contributed by atoms with Crippen molar-refractivity contribution in [2.24, 2.45) is 0 Å². The Morgan fingerprint density at radius 2 is 0.750 bits per heavy atom. The van der Waals surface area contributed by atoms with E-state index in [4.69, 9.17) is 14.2 Å². The van der Waals surface area contributed by atoms with Crippen LogP contribution in [0, 0.1) is 6.92 Å². The van der Waals surface area contributed by atoms with Gasteiger partial charge in [0.2, 0.25) is 5.91 Å². The van der Waals surface area contributed by atoms with Gasteiger partial charge in [0.15, 0.2) is 0 Å². The van der Waals surface area contributed by atoms with Crippen molar-refractivity contribution in [1.29, 1.82) is 0 Å². The lowest BCUT2D eigenvalue weighted by Crippen LogP contribution is -2.49. The van der Waals surface area contributed by atoms with Gasteiger partial charge in [-0.25, -0.2) is 0 Å². The molecule has 0 spiro atoms. The number of ether oxygens (including phenoxy) is 3. The topological polar surface area (TPSA) is 121 Å². The average molecular weight is 764 g/mol. The highest BCUT2D eigenvalue weighted by Gasteiger charge is 2.23. The predicted octanol–water partition coefficient (Wildman–Crippen LogP) is 4.39. The second-order valence-electron chi connectivity index (χ2n) is 14.0. The maximum atomic E-state index is 13.3. The van der Waals surface area contributed by atoms with Crippen molar-refractivity contribution in [3.05, 3.63) is 138 Å². The van der Waals surface area contributed by atoms with Gasteiger partial charge in [-0.1, -0.05) is 109 Å². The molecule has 1 saturated heterocycles. The molecule has 12 nitrogen and oxygen atoms in total. The minimum atomic E-state index is -0.366. The Hall–Kier alpha value is -5.40. The van der Waals surface area contributed by atoms with E-state index in [9.17, 15) is 19.2 Å². The number of carbonyl (C=O) groups is 4. The maximum Gasteiger partial charge on any atom is 0.320 e. The Morgan fingerprint density at radius 1 is 0.446 bits per heavy atom. The Bertz CT molecular complexity index is 1720. The molecule has 0 bridgehead atoms. The first-order chi connectivity index (χ1) is 27.3. The molecule has 5 rings (SSSR count). The monoisotopic (exact) mass is 763 g/mol. The summed E-state index contributed by atoms with van der Waals surface area (Å²) in [5.41, 5.74) is 4.50. The van der Waals surface area contributed by atoms with Gasteiger partial charge >= 0.3 is 17.9 Å². The van der Waals surface area contributed by atoms with Crippen LogP contribution in [0.4, 0.5) is 5.69 Å². The van der Waals surface area contributed by atoms with E-state index >= 15 is 0 Å². The predicted molar refractivity (Wildman–Crippen MR) is 214 cm³/mol. The summed E-state index contributed by atoms with van der Waals surface area (Å²) in [6.07, 6.45) is 0. The van der Waals surface area contributed by atoms with Gasteiger partial charge in [-0.05, 0) is 35.7 Å². The van der Waals surface area contributed by atoms with Crippen LogP contribution in [0.15, 0.2) is 115 Å². The fourth-order valence-electron chi connectivity index (χ4n) is 6.15. The second kappa shape index (κ2) is 22.9. The number of hydrogen-bond acceptors (Lipinski definition) is 11. The van der Waals surface area contributed by atoms with Crippen LogP contribution in [0.3, 0.4) is 0 Å². The molecule has 4 aromatic carbocycles. The number of nitrogens with one attached hydrogen (secondary N) is 1. The van der Waals surface area contributed by atoms with Crippen molar-refractivity contribution in [2.45, 2.75) is 26.7 Å². The normalized spacial score (nSPS) is 15.2. The Kier molecular flexibility index (Phi) is 17.0. The largest absolute Gasteiger partial charge is 0.460 e. The fraction of sp³-hybridized carbons (Fsp3) is 0.364. The van der Waals surface area contributed by atoms with Gasteiger partial charge in [-0.2, -0.15) is 0 Å². The van der Waals surface area contributed by atoms with E-state index < -0.39 is 0 Å². The van der Waals surface area contributed by atoms with Crippen molar-refractivity contribution < 1.29 is 33.4 Å². The number of amides is 1. The minimum Gasteiger partial charge on any atom is -0.460 e. The van der Waals surface area contributed by atoms with Crippen LogP contribution in [0.2, 0.25) is 0 Å². The molecule has 1 amide bonds. The molecule has 296 valence electrons. The van der Waals surface area contributed by atoms with Crippen LogP contribution >= 0.6 is 0 Å². The molecule has 1 aliphatic rings. The molecule has 1 heterocycles. The number of hydrogen-bond donors (Lipinski definition) is 1. The summed E-state index contributed by atoms with van der Waals surface area (Å²) in [5.74, 6) is -1.25. The van der Waals surface area contributed by atoms with E-state index in [0.29, 0.717) is 58.0 Å². The summed E-state index contributed by atoms with van der Waals surface area (Å²) < 4.78 is 16.9. The summed E-state index contributed by atoms with van der Waals surface area (Å²) in [6, 6.07) is 36.2. The number of rotatable bonds is 15. The zero-order valence-electron chi connectivity index (χ0n) is 32.2. The van der Waals surface area contributed by atoms with Gasteiger partial charge in [-0.15, -0.1) is 0 Å². The van der Waals surface area contributed by atoms with Crippen LogP contribution in [0.25, 0.3) is 0 Å². The summed E-state index contributed by atoms with van der Waals surface area (Å²) in [4.78, 5) is 60.7. The van der Waals surface area contributed by atoms with E-state index in [1.807, 2.05) is 142 Å². The van der Waals surface area contributed by atoms with Crippen LogP contribution in [-0.4, -0.2) is 122 Å². The molecule has 12 heteroatoms. The van der Waals surface area contributed by atoms with Crippen molar-refractivity contribution in [2.75, 3.05) is 83.9 Å². The van der Waals surface area contributed by atoms with E-state index in [-0.39, 0.29) is 69.8 Å². The molecular formula is C44H53N5O7. The van der Waals surface area contributed by atoms with Gasteiger partial charge in [-0.3, -0.25) is 38.8 Å². The first-order valence-electron chi connectivity index (χ1n) is 19.1. The number of anilines is 1. The van der Waals surface area contributed by atoms with Gasteiger partial charge in [0.25, 0.3) is 0 Å². The van der Waals surface area contributed by atoms with Gasteiger partial charge in [0, 0.05) is 58.0 Å². The van der Waals surface area contributed by atoms with Crippen molar-refractivity contribution >= 4 is 29.5 Å². The van der Waals surface area contributed by atoms with Gasteiger partial charge < -0.3 is 19.5 Å².